The van der Waals surface area contributed by atoms with Gasteiger partial charge in [-0.25, -0.2) is 4.79 Å². The lowest BCUT2D eigenvalue weighted by molar-refractivity contribution is -0.139. The average Bonchev–Trinajstić information content (AvgIpc) is 3.64. The molecule has 1 aromatic carbocycles. The number of carbonyl (C=O) groups is 5. The number of benzene rings is 1. The molecule has 338 valence electrons. The number of nitrogens with zero attached hydrogens (tertiary/aromatic N) is 2. The fraction of sp³-hybridized carbons (Fsp3) is 0.756. The first kappa shape index (κ1) is 58.9. The van der Waals surface area contributed by atoms with Crippen molar-refractivity contribution in [3.05, 3.63) is 35.9 Å². The second kappa shape index (κ2) is 36.7. The molecular weight excluding hydrogens is 739 g/mol. The van der Waals surface area contributed by atoms with E-state index in [2.05, 4.69) is 86.3 Å². The van der Waals surface area contributed by atoms with Crippen LogP contribution in [0.4, 0.5) is 4.79 Å². The summed E-state index contributed by atoms with van der Waals surface area (Å²) in [5.74, 6) is 0.508. The second-order valence-corrected chi connectivity index (χ2v) is 15.4. The monoisotopic (exact) mass is 824 g/mol. The molecule has 13 heteroatoms. The molecular formula is C45H85N5O8. The number of methoxy groups -OCH3 is 3. The lowest BCUT2D eigenvalue weighted by Crippen LogP contribution is -2.53. The normalized spacial score (nSPS) is 16.8. The van der Waals surface area contributed by atoms with Crippen LogP contribution in [0.1, 0.15) is 106 Å². The van der Waals surface area contributed by atoms with Gasteiger partial charge in [0, 0.05) is 45.7 Å². The van der Waals surface area contributed by atoms with Crippen LogP contribution >= 0.6 is 0 Å². The molecule has 1 aromatic rings. The van der Waals surface area contributed by atoms with Gasteiger partial charge >= 0.3 is 12.0 Å². The van der Waals surface area contributed by atoms with E-state index in [0.717, 1.165) is 38.4 Å². The quantitative estimate of drug-likeness (QED) is 0.103. The van der Waals surface area contributed by atoms with E-state index in [0.29, 0.717) is 17.9 Å². The molecule has 0 spiro atoms. The van der Waals surface area contributed by atoms with E-state index in [1.807, 2.05) is 45.9 Å². The van der Waals surface area contributed by atoms with Crippen molar-refractivity contribution in [3.8, 4) is 0 Å². The molecule has 0 radical (unpaired) electrons. The summed E-state index contributed by atoms with van der Waals surface area (Å²) in [7, 11) is 10.1. The molecule has 8 atom stereocenters. The molecule has 1 heterocycles. The number of urea groups is 1. The minimum absolute atomic E-state index is 0.00412. The molecule has 3 amide bonds. The molecule has 0 saturated carbocycles. The van der Waals surface area contributed by atoms with Gasteiger partial charge in [-0.05, 0) is 64.6 Å². The summed E-state index contributed by atoms with van der Waals surface area (Å²) in [4.78, 5) is 60.6. The third kappa shape index (κ3) is 25.9. The lowest BCUT2D eigenvalue weighted by Gasteiger charge is -2.37. The van der Waals surface area contributed by atoms with E-state index in [-0.39, 0.29) is 73.5 Å². The Labute approximate surface area is 353 Å². The largest absolute Gasteiger partial charge is 0.468 e. The van der Waals surface area contributed by atoms with Crippen LogP contribution < -0.4 is 16.0 Å². The third-order valence-electron chi connectivity index (χ3n) is 10.4. The molecule has 13 nitrogen and oxygen atoms in total. The molecule has 8 unspecified atom stereocenters. The minimum atomic E-state index is -0.369. The van der Waals surface area contributed by atoms with E-state index >= 15 is 0 Å². The molecule has 1 saturated heterocycles. The maximum Gasteiger partial charge on any atom is 0.319 e. The van der Waals surface area contributed by atoms with Gasteiger partial charge in [-0.15, -0.1) is 0 Å². The fourth-order valence-electron chi connectivity index (χ4n) is 6.35. The highest BCUT2D eigenvalue weighted by molar-refractivity contribution is 5.84. The van der Waals surface area contributed by atoms with Gasteiger partial charge in [0.25, 0.3) is 0 Å². The molecule has 0 bridgehead atoms. The molecule has 58 heavy (non-hydrogen) atoms. The zero-order chi connectivity index (χ0) is 45.2. The summed E-state index contributed by atoms with van der Waals surface area (Å²) in [6.07, 6.45) is 7.01. The molecule has 0 aliphatic carbocycles. The van der Waals surface area contributed by atoms with Crippen LogP contribution in [-0.4, -0.2) is 133 Å². The number of ether oxygens (including phenoxy) is 3. The van der Waals surface area contributed by atoms with Gasteiger partial charge in [0.15, 0.2) is 0 Å². The van der Waals surface area contributed by atoms with Crippen molar-refractivity contribution in [1.29, 1.82) is 0 Å². The van der Waals surface area contributed by atoms with Gasteiger partial charge in [-0.3, -0.25) is 9.59 Å². The Bertz CT molecular complexity index is 1190. The second-order valence-electron chi connectivity index (χ2n) is 15.4. The fourth-order valence-corrected chi connectivity index (χ4v) is 6.35. The van der Waals surface area contributed by atoms with Gasteiger partial charge < -0.3 is 49.5 Å². The average molecular weight is 824 g/mol. The van der Waals surface area contributed by atoms with Gasteiger partial charge in [0.1, 0.15) is 12.6 Å². The zero-order valence-corrected chi connectivity index (χ0v) is 39.3. The van der Waals surface area contributed by atoms with Gasteiger partial charge in [-0.2, -0.15) is 0 Å². The molecule has 1 aliphatic rings. The van der Waals surface area contributed by atoms with Gasteiger partial charge in [0.05, 0.1) is 38.4 Å². The van der Waals surface area contributed by atoms with Crippen LogP contribution in [-0.2, 0) is 33.4 Å². The van der Waals surface area contributed by atoms with Crippen LogP contribution in [0, 0.1) is 30.6 Å². The van der Waals surface area contributed by atoms with Crippen molar-refractivity contribution in [2.45, 2.75) is 138 Å². The Morgan fingerprint density at radius 3 is 1.86 bits per heavy atom. The predicted molar refractivity (Wildman–Crippen MR) is 237 cm³/mol. The van der Waals surface area contributed by atoms with Crippen molar-refractivity contribution in [1.82, 2.24) is 25.8 Å². The van der Waals surface area contributed by atoms with Crippen molar-refractivity contribution in [3.63, 3.8) is 0 Å². The first-order valence-electron chi connectivity index (χ1n) is 21.1. The molecule has 3 N–H and O–H groups in total. The number of likely N-dealkylation sites (N-methyl/N-ethyl adjacent to an activating group) is 3. The summed E-state index contributed by atoms with van der Waals surface area (Å²) < 4.78 is 15.1. The van der Waals surface area contributed by atoms with E-state index in [1.165, 1.54) is 25.5 Å². The van der Waals surface area contributed by atoms with E-state index < -0.39 is 0 Å². The SMILES string of the molecule is CCC.CCC(C)C(C(CC=O)OC)N(C)C(=O)CNC(=O)NC(CC)C(C)C(C)C.CNCC(=O)OC.COC(C(C)C=O)C1CCCN1C.Cc1ccccc1. The first-order valence-corrected chi connectivity index (χ1v) is 21.1. The Balaban J connectivity index is -0.000000814. The number of rotatable bonds is 19. The van der Waals surface area contributed by atoms with Gasteiger partial charge in [0.2, 0.25) is 5.91 Å². The van der Waals surface area contributed by atoms with E-state index in [9.17, 15) is 24.0 Å². The standard InChI is InChI=1S/C21H41N3O4.C10H19NO2.C7H8.C4H9NO2.C3H8/c1-9-15(5)20(18(28-8)11-12-25)24(7)19(26)13-22-21(27)23-17(10-2)16(6)14(3)4;1-8(7-12)10(13-3)9-5-4-6-11(9)2;1-7-5-3-2-4-6-7;1-5-3-4(6)7-2;1-3-2/h12,14-18,20H,9-11,13H2,1-8H3,(H2,22,23,27);7-10H,4-6H2,1-3H3;2-6H,1H3;5H,3H2,1-2H3;3H2,1-2H3. The first-order chi connectivity index (χ1) is 27.5. The van der Waals surface area contributed by atoms with E-state index in [1.54, 1.807) is 33.2 Å². The number of nitrogens with one attached hydrogen (secondary N) is 3. The highest BCUT2D eigenvalue weighted by atomic mass is 16.5. The van der Waals surface area contributed by atoms with Crippen LogP contribution in [0.15, 0.2) is 30.3 Å². The van der Waals surface area contributed by atoms with E-state index in [4.69, 9.17) is 9.47 Å². The number of likely N-dealkylation sites (tertiary alicyclic amines) is 1. The highest BCUT2D eigenvalue weighted by Gasteiger charge is 2.33. The smallest absolute Gasteiger partial charge is 0.319 e. The summed E-state index contributed by atoms with van der Waals surface area (Å²) in [5.41, 5.74) is 1.32. The lowest BCUT2D eigenvalue weighted by atomic mass is 9.89. The predicted octanol–water partition coefficient (Wildman–Crippen LogP) is 6.55. The minimum Gasteiger partial charge on any atom is -0.468 e. The number of aryl methyl sites for hydroxylation is 1. The Hall–Kier alpha value is -3.39. The van der Waals surface area contributed by atoms with Crippen molar-refractivity contribution < 1.29 is 38.2 Å². The summed E-state index contributed by atoms with van der Waals surface area (Å²) in [5, 5.41) is 8.28. The molecule has 2 rings (SSSR count). The Morgan fingerprint density at radius 2 is 1.52 bits per heavy atom. The highest BCUT2D eigenvalue weighted by Crippen LogP contribution is 2.24. The van der Waals surface area contributed by atoms with Crippen LogP contribution in [0.5, 0.6) is 0 Å². The maximum absolute atomic E-state index is 12.7. The summed E-state index contributed by atoms with van der Waals surface area (Å²) in [6, 6.07) is 10.2. The number of hydrogen-bond acceptors (Lipinski definition) is 10. The maximum atomic E-state index is 12.7. The third-order valence-corrected chi connectivity index (χ3v) is 10.4. The topological polar surface area (TPSA) is 156 Å². The molecule has 1 aliphatic heterocycles. The number of carbonyl (C=O) groups excluding carboxylic acids is 5. The zero-order valence-electron chi connectivity index (χ0n) is 39.3. The Morgan fingerprint density at radius 1 is 0.931 bits per heavy atom. The molecule has 1 fully saturated rings. The number of esters is 1. The Kier molecular flexibility index (Phi) is 37.3. The number of amides is 3. The summed E-state index contributed by atoms with van der Waals surface area (Å²) in [6.45, 7) is 22.1. The van der Waals surface area contributed by atoms with Crippen LogP contribution in [0.3, 0.4) is 0 Å². The molecule has 0 aromatic heterocycles. The van der Waals surface area contributed by atoms with Crippen molar-refractivity contribution in [2.75, 3.05) is 62.1 Å². The summed E-state index contributed by atoms with van der Waals surface area (Å²) >= 11 is 0. The van der Waals surface area contributed by atoms with Crippen molar-refractivity contribution >= 4 is 30.5 Å². The van der Waals surface area contributed by atoms with Gasteiger partial charge in [-0.1, -0.05) is 111 Å². The number of hydrogen-bond donors (Lipinski definition) is 3. The number of aldehydes is 2. The van der Waals surface area contributed by atoms with Crippen LogP contribution in [0.25, 0.3) is 0 Å². The van der Waals surface area contributed by atoms with Crippen LogP contribution in [0.2, 0.25) is 0 Å². The van der Waals surface area contributed by atoms with Crippen molar-refractivity contribution in [2.24, 2.45) is 23.7 Å².